The number of benzene rings is 2. The average molecular weight is 324 g/mol. The summed E-state index contributed by atoms with van der Waals surface area (Å²) in [4.78, 5) is 0.303. The highest BCUT2D eigenvalue weighted by Crippen LogP contribution is 2.32. The van der Waals surface area contributed by atoms with Gasteiger partial charge in [0.05, 0.1) is 0 Å². The topological polar surface area (TPSA) is 0 Å². The molecule has 94 valence electrons. The molecule has 0 aliphatic heterocycles. The summed E-state index contributed by atoms with van der Waals surface area (Å²) in [6, 6.07) is 14.6. The van der Waals surface area contributed by atoms with E-state index in [0.29, 0.717) is 4.83 Å². The number of aryl methyl sites for hydroxylation is 2. The van der Waals surface area contributed by atoms with Crippen LogP contribution in [0.15, 0.2) is 42.5 Å². The van der Waals surface area contributed by atoms with Crippen LogP contribution in [0.1, 0.15) is 27.1 Å². The fourth-order valence-corrected chi connectivity index (χ4v) is 3.12. The molecule has 1 atom stereocenters. The third-order valence-electron chi connectivity index (χ3n) is 3.13. The third kappa shape index (κ3) is 3.15. The van der Waals surface area contributed by atoms with Crippen molar-refractivity contribution in [3.05, 3.63) is 69.7 Å². The van der Waals surface area contributed by atoms with Crippen molar-refractivity contribution in [2.24, 2.45) is 0 Å². The van der Waals surface area contributed by atoms with Gasteiger partial charge in [0.25, 0.3) is 0 Å². The third-order valence-corrected chi connectivity index (χ3v) is 4.31. The maximum absolute atomic E-state index is 6.21. The Morgan fingerprint density at radius 2 is 1.83 bits per heavy atom. The highest BCUT2D eigenvalue weighted by Gasteiger charge is 2.12. The van der Waals surface area contributed by atoms with E-state index in [1.807, 2.05) is 18.2 Å². The fourth-order valence-electron chi connectivity index (χ4n) is 2.06. The highest BCUT2D eigenvalue weighted by molar-refractivity contribution is 9.09. The van der Waals surface area contributed by atoms with Gasteiger partial charge in [-0.05, 0) is 43.0 Å². The Balaban J connectivity index is 2.25. The number of hydrogen-bond acceptors (Lipinski definition) is 0. The van der Waals surface area contributed by atoms with Crippen molar-refractivity contribution in [3.8, 4) is 0 Å². The molecule has 0 fully saturated rings. The smallest absolute Gasteiger partial charge is 0.0438 e. The Bertz CT molecular complexity index is 549. The van der Waals surface area contributed by atoms with E-state index in [0.717, 1.165) is 11.4 Å². The molecule has 2 aromatic rings. The first-order chi connectivity index (χ1) is 8.58. The molecule has 2 rings (SSSR count). The summed E-state index contributed by atoms with van der Waals surface area (Å²) in [5.74, 6) is 0. The molecule has 0 N–H and O–H groups in total. The molecule has 0 aliphatic rings. The average Bonchev–Trinajstić information content (AvgIpc) is 2.35. The lowest BCUT2D eigenvalue weighted by Gasteiger charge is -2.15. The summed E-state index contributed by atoms with van der Waals surface area (Å²) >= 11 is 9.99. The van der Waals surface area contributed by atoms with Crippen LogP contribution in [0.25, 0.3) is 0 Å². The van der Waals surface area contributed by atoms with Crippen LogP contribution < -0.4 is 0 Å². The molecule has 18 heavy (non-hydrogen) atoms. The van der Waals surface area contributed by atoms with E-state index in [2.05, 4.69) is 54.0 Å². The van der Waals surface area contributed by atoms with Gasteiger partial charge in [0.1, 0.15) is 0 Å². The maximum Gasteiger partial charge on any atom is 0.0438 e. The van der Waals surface area contributed by atoms with Gasteiger partial charge in [0.15, 0.2) is 0 Å². The van der Waals surface area contributed by atoms with E-state index in [4.69, 9.17) is 11.6 Å². The van der Waals surface area contributed by atoms with E-state index in [1.165, 1.54) is 22.3 Å². The molecule has 1 unspecified atom stereocenters. The second kappa shape index (κ2) is 5.90. The van der Waals surface area contributed by atoms with E-state index < -0.39 is 0 Å². The lowest BCUT2D eigenvalue weighted by Crippen LogP contribution is -1.99. The lowest BCUT2D eigenvalue weighted by atomic mass is 9.98. The Kier molecular flexibility index (Phi) is 4.47. The van der Waals surface area contributed by atoms with Crippen molar-refractivity contribution in [2.45, 2.75) is 25.1 Å². The second-order valence-electron chi connectivity index (χ2n) is 4.62. The predicted molar refractivity (Wildman–Crippen MR) is 82.7 cm³/mol. The molecule has 0 amide bonds. The summed E-state index contributed by atoms with van der Waals surface area (Å²) in [7, 11) is 0. The van der Waals surface area contributed by atoms with Gasteiger partial charge in [-0.1, -0.05) is 69.5 Å². The van der Waals surface area contributed by atoms with Gasteiger partial charge in [0.2, 0.25) is 0 Å². The van der Waals surface area contributed by atoms with Gasteiger partial charge >= 0.3 is 0 Å². The molecule has 0 bridgehead atoms. The first kappa shape index (κ1) is 13.6. The quantitative estimate of drug-likeness (QED) is 0.642. The molecule has 2 heteroatoms. The van der Waals surface area contributed by atoms with Crippen molar-refractivity contribution < 1.29 is 0 Å². The fraction of sp³-hybridized carbons (Fsp3) is 0.250. The maximum atomic E-state index is 6.21. The minimum Gasteiger partial charge on any atom is -0.0840 e. The van der Waals surface area contributed by atoms with E-state index >= 15 is 0 Å². The van der Waals surface area contributed by atoms with Crippen molar-refractivity contribution in [2.75, 3.05) is 0 Å². The molecular weight excluding hydrogens is 308 g/mol. The number of rotatable bonds is 3. The summed E-state index contributed by atoms with van der Waals surface area (Å²) in [5.41, 5.74) is 5.13. The zero-order valence-electron chi connectivity index (χ0n) is 10.6. The van der Waals surface area contributed by atoms with Crippen LogP contribution in [0.5, 0.6) is 0 Å². The largest absolute Gasteiger partial charge is 0.0840 e. The van der Waals surface area contributed by atoms with Gasteiger partial charge in [-0.2, -0.15) is 0 Å². The summed E-state index contributed by atoms with van der Waals surface area (Å²) in [6.45, 7) is 4.27. The monoisotopic (exact) mass is 322 g/mol. The van der Waals surface area contributed by atoms with Crippen LogP contribution in [0.2, 0.25) is 5.02 Å². The molecule has 0 heterocycles. The van der Waals surface area contributed by atoms with Crippen molar-refractivity contribution in [1.82, 2.24) is 0 Å². The van der Waals surface area contributed by atoms with Gasteiger partial charge in [0, 0.05) is 9.85 Å². The zero-order valence-corrected chi connectivity index (χ0v) is 12.9. The lowest BCUT2D eigenvalue weighted by molar-refractivity contribution is 0.936. The first-order valence-corrected chi connectivity index (χ1v) is 7.32. The van der Waals surface area contributed by atoms with Crippen LogP contribution >= 0.6 is 27.5 Å². The van der Waals surface area contributed by atoms with Gasteiger partial charge in [-0.15, -0.1) is 0 Å². The molecule has 0 aromatic heterocycles. The molecule has 0 saturated carbocycles. The molecule has 0 saturated heterocycles. The van der Waals surface area contributed by atoms with Gasteiger partial charge in [-0.25, -0.2) is 0 Å². The van der Waals surface area contributed by atoms with Crippen LogP contribution in [0.4, 0.5) is 0 Å². The molecule has 0 radical (unpaired) electrons. The summed E-state index contributed by atoms with van der Waals surface area (Å²) in [6.07, 6.45) is 0.907. The molecule has 2 aromatic carbocycles. The molecule has 0 aliphatic carbocycles. The Morgan fingerprint density at radius 1 is 1.11 bits per heavy atom. The molecule has 0 nitrogen and oxygen atoms in total. The van der Waals surface area contributed by atoms with E-state index in [1.54, 1.807) is 0 Å². The molecular formula is C16H16BrCl. The Morgan fingerprint density at radius 3 is 2.56 bits per heavy atom. The van der Waals surface area contributed by atoms with Crippen LogP contribution in [-0.4, -0.2) is 0 Å². The number of alkyl halides is 1. The number of hydrogen-bond donors (Lipinski definition) is 0. The van der Waals surface area contributed by atoms with Crippen molar-refractivity contribution in [1.29, 1.82) is 0 Å². The van der Waals surface area contributed by atoms with Gasteiger partial charge in [-0.3, -0.25) is 0 Å². The summed E-state index contributed by atoms with van der Waals surface area (Å²) in [5, 5.41) is 0.840. The normalized spacial score (nSPS) is 12.4. The highest BCUT2D eigenvalue weighted by atomic mass is 79.9. The first-order valence-electron chi connectivity index (χ1n) is 6.02. The zero-order chi connectivity index (χ0) is 13.1. The SMILES string of the molecule is Cc1ccc(C)c(C(Br)Cc2ccccc2Cl)c1. The van der Waals surface area contributed by atoms with Crippen LogP contribution in [-0.2, 0) is 6.42 Å². The molecule has 0 spiro atoms. The number of halogens is 2. The Labute approximate surface area is 122 Å². The Hall–Kier alpha value is -0.790. The second-order valence-corrected chi connectivity index (χ2v) is 6.14. The van der Waals surface area contributed by atoms with Crippen molar-refractivity contribution >= 4 is 27.5 Å². The standard InChI is InChI=1S/C16H16BrCl/c1-11-7-8-12(2)14(9-11)15(17)10-13-5-3-4-6-16(13)18/h3-9,15H,10H2,1-2H3. The summed E-state index contributed by atoms with van der Waals surface area (Å²) < 4.78 is 0. The van der Waals surface area contributed by atoms with Crippen LogP contribution in [0, 0.1) is 13.8 Å². The minimum absolute atomic E-state index is 0.303. The van der Waals surface area contributed by atoms with E-state index in [9.17, 15) is 0 Å². The van der Waals surface area contributed by atoms with Crippen molar-refractivity contribution in [3.63, 3.8) is 0 Å². The van der Waals surface area contributed by atoms with E-state index in [-0.39, 0.29) is 0 Å². The van der Waals surface area contributed by atoms with Gasteiger partial charge < -0.3 is 0 Å². The predicted octanol–water partition coefficient (Wildman–Crippen LogP) is 5.64. The van der Waals surface area contributed by atoms with Crippen LogP contribution in [0.3, 0.4) is 0 Å². The minimum atomic E-state index is 0.303.